The number of hydrogen-bond acceptors (Lipinski definition) is 3. The molecular weight excluding hydrogens is 274 g/mol. The number of aliphatic carboxylic acids is 1. The predicted molar refractivity (Wildman–Crippen MR) is 64.6 cm³/mol. The summed E-state index contributed by atoms with van der Waals surface area (Å²) in [5.41, 5.74) is 7.51. The number of methoxy groups -OCH3 is 1. The second kappa shape index (κ2) is 5.32. The quantitative estimate of drug-likeness (QED) is 0.891. The number of hydrogen-bond donors (Lipinski definition) is 2. The van der Waals surface area contributed by atoms with Crippen LogP contribution >= 0.6 is 15.9 Å². The molecule has 16 heavy (non-hydrogen) atoms. The van der Waals surface area contributed by atoms with Crippen molar-refractivity contribution in [2.45, 2.75) is 19.4 Å². The summed E-state index contributed by atoms with van der Waals surface area (Å²) in [6.07, 6.45) is -0.117. The fourth-order valence-electron chi connectivity index (χ4n) is 1.61. The summed E-state index contributed by atoms with van der Waals surface area (Å²) in [4.78, 5) is 10.6. The van der Waals surface area contributed by atoms with Crippen molar-refractivity contribution in [3.63, 3.8) is 0 Å². The lowest BCUT2D eigenvalue weighted by atomic mass is 9.98. The molecule has 4 nitrogen and oxygen atoms in total. The average Bonchev–Trinajstić information content (AvgIpc) is 2.20. The van der Waals surface area contributed by atoms with E-state index in [0.717, 1.165) is 15.6 Å². The lowest BCUT2D eigenvalue weighted by molar-refractivity contribution is -0.137. The van der Waals surface area contributed by atoms with Gasteiger partial charge in [-0.05, 0) is 24.6 Å². The Morgan fingerprint density at radius 3 is 2.75 bits per heavy atom. The molecule has 0 aliphatic carbocycles. The van der Waals surface area contributed by atoms with Gasteiger partial charge in [0.15, 0.2) is 0 Å². The Labute approximate surface area is 103 Å². The maximum Gasteiger partial charge on any atom is 0.305 e. The van der Waals surface area contributed by atoms with Gasteiger partial charge >= 0.3 is 5.97 Å². The summed E-state index contributed by atoms with van der Waals surface area (Å²) in [5, 5.41) is 8.74. The van der Waals surface area contributed by atoms with E-state index in [-0.39, 0.29) is 6.42 Å². The molecule has 0 amide bonds. The topological polar surface area (TPSA) is 72.5 Å². The lowest BCUT2D eigenvalue weighted by Crippen LogP contribution is -2.17. The van der Waals surface area contributed by atoms with Gasteiger partial charge in [0.2, 0.25) is 0 Å². The van der Waals surface area contributed by atoms with Gasteiger partial charge < -0.3 is 15.6 Å². The van der Waals surface area contributed by atoms with E-state index in [1.165, 1.54) is 0 Å². The highest BCUT2D eigenvalue weighted by Crippen LogP contribution is 2.33. The second-order valence-corrected chi connectivity index (χ2v) is 4.35. The van der Waals surface area contributed by atoms with Gasteiger partial charge in [0.25, 0.3) is 0 Å². The first-order valence-corrected chi connectivity index (χ1v) is 5.57. The fourth-order valence-corrected chi connectivity index (χ4v) is 1.95. The van der Waals surface area contributed by atoms with E-state index >= 15 is 0 Å². The minimum Gasteiger partial charge on any atom is -0.496 e. The van der Waals surface area contributed by atoms with Gasteiger partial charge in [0, 0.05) is 16.1 Å². The summed E-state index contributed by atoms with van der Waals surface area (Å²) in [5.74, 6) is -0.302. The van der Waals surface area contributed by atoms with Crippen molar-refractivity contribution in [2.75, 3.05) is 7.11 Å². The Kier molecular flexibility index (Phi) is 4.32. The van der Waals surface area contributed by atoms with Gasteiger partial charge in [0.05, 0.1) is 13.5 Å². The molecule has 5 heteroatoms. The molecule has 1 rings (SSSR count). The van der Waals surface area contributed by atoms with Crippen molar-refractivity contribution in [3.8, 4) is 5.75 Å². The van der Waals surface area contributed by atoms with Crippen molar-refractivity contribution in [2.24, 2.45) is 5.73 Å². The summed E-state index contributed by atoms with van der Waals surface area (Å²) in [7, 11) is 1.54. The van der Waals surface area contributed by atoms with E-state index in [1.807, 2.05) is 13.0 Å². The van der Waals surface area contributed by atoms with Crippen LogP contribution in [-0.2, 0) is 4.79 Å². The zero-order chi connectivity index (χ0) is 12.3. The molecule has 0 spiro atoms. The fraction of sp³-hybridized carbons (Fsp3) is 0.364. The third-order valence-corrected chi connectivity index (χ3v) is 3.25. The third-order valence-electron chi connectivity index (χ3n) is 2.39. The highest BCUT2D eigenvalue weighted by atomic mass is 79.9. The summed E-state index contributed by atoms with van der Waals surface area (Å²) in [6, 6.07) is 3.06. The molecule has 0 heterocycles. The first-order valence-electron chi connectivity index (χ1n) is 4.77. The predicted octanol–water partition coefficient (Wildman–Crippen LogP) is 2.24. The molecule has 0 radical (unpaired) electrons. The highest BCUT2D eigenvalue weighted by molar-refractivity contribution is 9.10. The van der Waals surface area contributed by atoms with Crippen molar-refractivity contribution in [1.29, 1.82) is 0 Å². The van der Waals surface area contributed by atoms with Gasteiger partial charge in [-0.25, -0.2) is 0 Å². The van der Waals surface area contributed by atoms with Gasteiger partial charge in [-0.15, -0.1) is 0 Å². The van der Waals surface area contributed by atoms with Crippen LogP contribution in [0.3, 0.4) is 0 Å². The molecule has 0 bridgehead atoms. The molecule has 1 atom stereocenters. The number of benzene rings is 1. The van der Waals surface area contributed by atoms with E-state index in [4.69, 9.17) is 15.6 Å². The zero-order valence-electron chi connectivity index (χ0n) is 9.16. The van der Waals surface area contributed by atoms with Gasteiger partial charge in [-0.2, -0.15) is 0 Å². The first-order chi connectivity index (χ1) is 7.47. The van der Waals surface area contributed by atoms with E-state index < -0.39 is 12.0 Å². The number of carboxylic acid groups (broad SMARTS) is 1. The minimum atomic E-state index is -0.922. The van der Waals surface area contributed by atoms with Crippen LogP contribution in [0.25, 0.3) is 0 Å². The molecule has 1 unspecified atom stereocenters. The van der Waals surface area contributed by atoms with Crippen molar-refractivity contribution in [3.05, 3.63) is 27.7 Å². The molecule has 0 aromatic heterocycles. The zero-order valence-corrected chi connectivity index (χ0v) is 10.7. The van der Waals surface area contributed by atoms with E-state index in [2.05, 4.69) is 15.9 Å². The Balaban J connectivity index is 3.18. The van der Waals surface area contributed by atoms with Crippen LogP contribution in [-0.4, -0.2) is 18.2 Å². The maximum atomic E-state index is 10.6. The first kappa shape index (κ1) is 13.0. The maximum absolute atomic E-state index is 10.6. The average molecular weight is 288 g/mol. The van der Waals surface area contributed by atoms with E-state index in [9.17, 15) is 4.79 Å². The minimum absolute atomic E-state index is 0.117. The van der Waals surface area contributed by atoms with Crippen molar-refractivity contribution >= 4 is 21.9 Å². The molecule has 0 saturated carbocycles. The van der Waals surface area contributed by atoms with Crippen LogP contribution in [0.5, 0.6) is 5.75 Å². The third kappa shape index (κ3) is 2.74. The van der Waals surface area contributed by atoms with Gasteiger partial charge in [0.1, 0.15) is 5.75 Å². The summed E-state index contributed by atoms with van der Waals surface area (Å²) in [6.45, 7) is 1.88. The number of carbonyl (C=O) groups is 1. The number of carboxylic acids is 1. The largest absolute Gasteiger partial charge is 0.496 e. The summed E-state index contributed by atoms with van der Waals surface area (Å²) < 4.78 is 6.08. The molecule has 0 fully saturated rings. The molecule has 1 aromatic rings. The molecule has 1 aromatic carbocycles. The van der Waals surface area contributed by atoms with Crippen LogP contribution in [0.4, 0.5) is 0 Å². The molecule has 3 N–H and O–H groups in total. The number of rotatable bonds is 4. The van der Waals surface area contributed by atoms with Crippen LogP contribution in [0.15, 0.2) is 16.6 Å². The normalized spacial score (nSPS) is 12.2. The Bertz CT molecular complexity index is 406. The van der Waals surface area contributed by atoms with Gasteiger partial charge in [-0.3, -0.25) is 4.79 Å². The summed E-state index contributed by atoms with van der Waals surface area (Å²) >= 11 is 3.39. The monoisotopic (exact) mass is 287 g/mol. The SMILES string of the molecule is COc1ccc(Br)c(C)c1C(N)CC(=O)O. The smallest absolute Gasteiger partial charge is 0.305 e. The lowest BCUT2D eigenvalue weighted by Gasteiger charge is -2.17. The number of nitrogens with two attached hydrogens (primary N) is 1. The van der Waals surface area contributed by atoms with Crippen molar-refractivity contribution in [1.82, 2.24) is 0 Å². The Morgan fingerprint density at radius 1 is 1.62 bits per heavy atom. The number of halogens is 1. The molecule has 88 valence electrons. The van der Waals surface area contributed by atoms with E-state index in [1.54, 1.807) is 13.2 Å². The second-order valence-electron chi connectivity index (χ2n) is 3.49. The molecule has 0 saturated heterocycles. The highest BCUT2D eigenvalue weighted by Gasteiger charge is 2.18. The standard InChI is InChI=1S/C11H14BrNO3/c1-6-7(12)3-4-9(16-2)11(6)8(13)5-10(14)15/h3-4,8H,5,13H2,1-2H3,(H,14,15). The van der Waals surface area contributed by atoms with Crippen molar-refractivity contribution < 1.29 is 14.6 Å². The van der Waals surface area contributed by atoms with Gasteiger partial charge in [-0.1, -0.05) is 15.9 Å². The van der Waals surface area contributed by atoms with E-state index in [0.29, 0.717) is 5.75 Å². The molecular formula is C11H14BrNO3. The molecule has 0 aliphatic rings. The Morgan fingerprint density at radius 2 is 2.25 bits per heavy atom. The Hall–Kier alpha value is -1.07. The van der Waals surface area contributed by atoms with Crippen LogP contribution < -0.4 is 10.5 Å². The van der Waals surface area contributed by atoms with Crippen LogP contribution in [0.1, 0.15) is 23.6 Å². The van der Waals surface area contributed by atoms with Crippen LogP contribution in [0.2, 0.25) is 0 Å². The number of ether oxygens (including phenoxy) is 1. The van der Waals surface area contributed by atoms with Crippen LogP contribution in [0, 0.1) is 6.92 Å². The molecule has 0 aliphatic heterocycles.